The van der Waals surface area contributed by atoms with E-state index in [9.17, 15) is 14.3 Å². The fourth-order valence-electron chi connectivity index (χ4n) is 3.55. The van der Waals surface area contributed by atoms with Gasteiger partial charge in [-0.25, -0.2) is 9.18 Å². The van der Waals surface area contributed by atoms with Crippen LogP contribution >= 0.6 is 11.6 Å². The van der Waals surface area contributed by atoms with E-state index in [1.165, 1.54) is 19.2 Å². The van der Waals surface area contributed by atoms with Gasteiger partial charge in [0, 0.05) is 38.7 Å². The first kappa shape index (κ1) is 22.5. The number of aliphatic hydroxyl groups excluding tert-OH is 1. The van der Waals surface area contributed by atoms with Crippen LogP contribution in [0.25, 0.3) is 0 Å². The van der Waals surface area contributed by atoms with Gasteiger partial charge in [0.1, 0.15) is 5.82 Å². The third kappa shape index (κ3) is 5.47. The molecule has 162 valence electrons. The van der Waals surface area contributed by atoms with Crippen LogP contribution in [0.4, 0.5) is 9.18 Å². The molecule has 8 heteroatoms. The molecule has 0 saturated heterocycles. The molecule has 2 amide bonds. The van der Waals surface area contributed by atoms with Crippen molar-refractivity contribution in [3.63, 3.8) is 0 Å². The van der Waals surface area contributed by atoms with Crippen molar-refractivity contribution in [2.75, 3.05) is 26.9 Å². The summed E-state index contributed by atoms with van der Waals surface area (Å²) >= 11 is 5.77. The molecule has 2 atom stereocenters. The van der Waals surface area contributed by atoms with Crippen LogP contribution in [0.2, 0.25) is 5.02 Å². The molecule has 3 rings (SSSR count). The molecule has 0 saturated carbocycles. The summed E-state index contributed by atoms with van der Waals surface area (Å²) in [6.45, 7) is 3.33. The molecule has 30 heavy (non-hydrogen) atoms. The zero-order valence-electron chi connectivity index (χ0n) is 17.2. The lowest BCUT2D eigenvalue weighted by atomic mass is 9.98. The van der Waals surface area contributed by atoms with E-state index in [-0.39, 0.29) is 30.2 Å². The van der Waals surface area contributed by atoms with E-state index in [4.69, 9.17) is 16.3 Å². The van der Waals surface area contributed by atoms with E-state index in [1.807, 2.05) is 19.2 Å². The third-order valence-electron chi connectivity index (χ3n) is 5.29. The quantitative estimate of drug-likeness (QED) is 0.698. The number of nitrogens with zero attached hydrogens (tertiary/aromatic N) is 2. The fourth-order valence-corrected chi connectivity index (χ4v) is 3.67. The number of fused-ring (bicyclic) bond motifs is 1. The highest BCUT2D eigenvalue weighted by molar-refractivity contribution is 6.30. The van der Waals surface area contributed by atoms with Gasteiger partial charge >= 0.3 is 6.03 Å². The number of urea groups is 1. The molecule has 2 N–H and O–H groups in total. The Morgan fingerprint density at radius 2 is 2.20 bits per heavy atom. The van der Waals surface area contributed by atoms with E-state index in [1.54, 1.807) is 11.0 Å². The Labute approximate surface area is 181 Å². The Kier molecular flexibility index (Phi) is 7.64. The summed E-state index contributed by atoms with van der Waals surface area (Å²) in [7, 11) is 1.53. The van der Waals surface area contributed by atoms with Crippen molar-refractivity contribution in [1.29, 1.82) is 0 Å². The highest BCUT2D eigenvalue weighted by atomic mass is 35.5. The number of rotatable bonds is 7. The molecule has 6 nitrogen and oxygen atoms in total. The number of carbonyl (C=O) groups is 1. The fraction of sp³-hybridized carbons (Fsp3) is 0.455. The number of nitrogens with one attached hydrogen (secondary N) is 1. The molecular formula is C22H27ClFN3O3. The number of amides is 2. The number of ether oxygens (including phenoxy) is 1. The number of carbonyl (C=O) groups excluding carboxylic acids is 1. The molecule has 0 spiro atoms. The molecule has 2 aromatic rings. The predicted molar refractivity (Wildman–Crippen MR) is 113 cm³/mol. The molecule has 2 heterocycles. The number of halogens is 2. The highest BCUT2D eigenvalue weighted by Crippen LogP contribution is 2.23. The maximum absolute atomic E-state index is 13.9. The molecule has 1 aromatic heterocycles. The number of hydrogen-bond donors (Lipinski definition) is 2. The van der Waals surface area contributed by atoms with Crippen molar-refractivity contribution in [1.82, 2.24) is 15.2 Å². The first-order chi connectivity index (χ1) is 14.4. The van der Waals surface area contributed by atoms with Gasteiger partial charge in [0.05, 0.1) is 17.7 Å². The van der Waals surface area contributed by atoms with Crippen LogP contribution in [-0.4, -0.2) is 47.9 Å². The molecule has 0 bridgehead atoms. The molecule has 0 fully saturated rings. The summed E-state index contributed by atoms with van der Waals surface area (Å²) in [5, 5.41) is 12.3. The largest absolute Gasteiger partial charge is 0.396 e. The normalized spacial score (nSPS) is 15.4. The van der Waals surface area contributed by atoms with E-state index in [0.717, 1.165) is 23.2 Å². The van der Waals surface area contributed by atoms with Crippen molar-refractivity contribution in [3.05, 3.63) is 63.7 Å². The number of methoxy groups -OCH3 is 1. The van der Waals surface area contributed by atoms with E-state index < -0.39 is 11.9 Å². The third-order valence-corrected chi connectivity index (χ3v) is 5.59. The maximum atomic E-state index is 13.9. The molecule has 1 aliphatic heterocycles. The molecule has 1 aromatic carbocycles. The lowest BCUT2D eigenvalue weighted by Gasteiger charge is -2.31. The Morgan fingerprint density at radius 1 is 1.40 bits per heavy atom. The standard InChI is InChI=1S/C22H27ClFN3O3/c1-14(12-28)7-18-8-17-11-27(6-5-16(17)10-25-18)22(29)26-21(13-30-2)15-3-4-19(23)20(24)9-15/h3-4,8-10,14,21,28H,5-7,11-13H2,1-2H3,(H,26,29)/t14-,21-/m1/s1. The molecule has 0 unspecified atom stereocenters. The summed E-state index contributed by atoms with van der Waals surface area (Å²) < 4.78 is 19.1. The molecule has 0 aliphatic carbocycles. The highest BCUT2D eigenvalue weighted by Gasteiger charge is 2.24. The number of aliphatic hydroxyl groups is 1. The van der Waals surface area contributed by atoms with Crippen LogP contribution in [-0.2, 0) is 24.1 Å². The van der Waals surface area contributed by atoms with E-state index >= 15 is 0 Å². The summed E-state index contributed by atoms with van der Waals surface area (Å²) in [5.41, 5.74) is 3.69. The lowest BCUT2D eigenvalue weighted by Crippen LogP contribution is -2.45. The van der Waals surface area contributed by atoms with Gasteiger partial charge in [-0.2, -0.15) is 0 Å². The Bertz CT molecular complexity index is 896. The summed E-state index contributed by atoms with van der Waals surface area (Å²) in [5.74, 6) is -0.401. The molecular weight excluding hydrogens is 409 g/mol. The minimum atomic E-state index is -0.534. The molecule has 0 radical (unpaired) electrons. The number of hydrogen-bond acceptors (Lipinski definition) is 4. The average molecular weight is 436 g/mol. The van der Waals surface area contributed by atoms with E-state index in [0.29, 0.717) is 25.1 Å². The maximum Gasteiger partial charge on any atom is 0.318 e. The van der Waals surface area contributed by atoms with Crippen LogP contribution in [0, 0.1) is 11.7 Å². The van der Waals surface area contributed by atoms with Crippen LogP contribution in [0.3, 0.4) is 0 Å². The Balaban J connectivity index is 1.70. The van der Waals surface area contributed by atoms with Crippen molar-refractivity contribution in [2.24, 2.45) is 5.92 Å². The van der Waals surface area contributed by atoms with Gasteiger partial charge in [-0.1, -0.05) is 24.6 Å². The first-order valence-electron chi connectivity index (χ1n) is 9.98. The monoisotopic (exact) mass is 435 g/mol. The van der Waals surface area contributed by atoms with Crippen molar-refractivity contribution in [2.45, 2.75) is 32.4 Å². The summed E-state index contributed by atoms with van der Waals surface area (Å²) in [6.07, 6.45) is 3.28. The van der Waals surface area contributed by atoms with Gasteiger partial charge in [-0.3, -0.25) is 4.98 Å². The van der Waals surface area contributed by atoms with Crippen LogP contribution in [0.5, 0.6) is 0 Å². The zero-order valence-corrected chi connectivity index (χ0v) is 18.0. The van der Waals surface area contributed by atoms with Crippen LogP contribution < -0.4 is 5.32 Å². The zero-order chi connectivity index (χ0) is 21.7. The minimum absolute atomic E-state index is 0.0359. The summed E-state index contributed by atoms with van der Waals surface area (Å²) in [6, 6.07) is 5.76. The second kappa shape index (κ2) is 10.2. The SMILES string of the molecule is COC[C@@H](NC(=O)N1CCc2cnc(C[C@@H](C)CO)cc2C1)c1ccc(Cl)c(F)c1. The Morgan fingerprint density at radius 3 is 2.90 bits per heavy atom. The van der Waals surface area contributed by atoms with Gasteiger partial charge in [0.2, 0.25) is 0 Å². The van der Waals surface area contributed by atoms with Crippen LogP contribution in [0.1, 0.15) is 35.3 Å². The number of aromatic nitrogens is 1. The minimum Gasteiger partial charge on any atom is -0.396 e. The Hall–Kier alpha value is -2.22. The van der Waals surface area contributed by atoms with Crippen LogP contribution in [0.15, 0.2) is 30.5 Å². The van der Waals surface area contributed by atoms with Crippen molar-refractivity contribution >= 4 is 17.6 Å². The van der Waals surface area contributed by atoms with Gasteiger partial charge < -0.3 is 20.1 Å². The number of benzene rings is 1. The second-order valence-corrected chi connectivity index (χ2v) is 8.15. The first-order valence-corrected chi connectivity index (χ1v) is 10.4. The van der Waals surface area contributed by atoms with Crippen molar-refractivity contribution in [3.8, 4) is 0 Å². The molecule has 1 aliphatic rings. The summed E-state index contributed by atoms with van der Waals surface area (Å²) in [4.78, 5) is 19.1. The van der Waals surface area contributed by atoms with Gasteiger partial charge in [-0.05, 0) is 53.6 Å². The number of pyridine rings is 1. The predicted octanol–water partition coefficient (Wildman–Crippen LogP) is 3.50. The average Bonchev–Trinajstić information content (AvgIpc) is 2.74. The smallest absolute Gasteiger partial charge is 0.318 e. The topological polar surface area (TPSA) is 74.7 Å². The van der Waals surface area contributed by atoms with Gasteiger partial charge in [0.25, 0.3) is 0 Å². The van der Waals surface area contributed by atoms with Crippen molar-refractivity contribution < 1.29 is 19.0 Å². The lowest BCUT2D eigenvalue weighted by molar-refractivity contribution is 0.152. The second-order valence-electron chi connectivity index (χ2n) is 7.74. The van der Waals surface area contributed by atoms with Gasteiger partial charge in [-0.15, -0.1) is 0 Å². The van der Waals surface area contributed by atoms with E-state index in [2.05, 4.69) is 10.3 Å². The van der Waals surface area contributed by atoms with Gasteiger partial charge in [0.15, 0.2) is 0 Å².